The van der Waals surface area contributed by atoms with Crippen molar-refractivity contribution in [3.8, 4) is 0 Å². The molecule has 2 atom stereocenters. The van der Waals surface area contributed by atoms with Gasteiger partial charge in [-0.2, -0.15) is 0 Å². The number of carbonyl (C=O) groups excluding carboxylic acids is 1. The molecule has 0 aromatic carbocycles. The van der Waals surface area contributed by atoms with E-state index in [1.807, 2.05) is 25.8 Å². The van der Waals surface area contributed by atoms with Crippen molar-refractivity contribution in [1.82, 2.24) is 4.90 Å². The number of hydrogen-bond acceptors (Lipinski definition) is 3. The average Bonchev–Trinajstić information content (AvgIpc) is 2.07. The number of β-amino-alcohol motifs (C(OH)–C–C–N with tert-alkyl or cyclic N) is 1. The Morgan fingerprint density at radius 2 is 2.08 bits per heavy atom. The predicted octanol–water partition coefficient (Wildman–Crippen LogP) is -0.189. The zero-order valence-electron chi connectivity index (χ0n) is 8.66. The fraction of sp³-hybridized carbons (Fsp3) is 0.889. The topological polar surface area (TPSA) is 66.6 Å². The molecule has 1 rings (SSSR count). The van der Waals surface area contributed by atoms with E-state index >= 15 is 0 Å². The van der Waals surface area contributed by atoms with Gasteiger partial charge in [0, 0.05) is 6.54 Å². The fourth-order valence-electron chi connectivity index (χ4n) is 1.42. The van der Waals surface area contributed by atoms with Crippen molar-refractivity contribution >= 4 is 5.91 Å². The van der Waals surface area contributed by atoms with Crippen LogP contribution >= 0.6 is 0 Å². The Morgan fingerprint density at radius 1 is 1.54 bits per heavy atom. The van der Waals surface area contributed by atoms with Crippen molar-refractivity contribution in [2.75, 3.05) is 20.1 Å². The first kappa shape index (κ1) is 12.4. The molecule has 0 radical (unpaired) electrons. The molecule has 1 saturated heterocycles. The number of nitrogens with two attached hydrogens (primary N) is 1. The Labute approximate surface area is 79.7 Å². The predicted molar refractivity (Wildman–Crippen MR) is 52.2 cm³/mol. The molecule has 1 aliphatic heterocycles. The van der Waals surface area contributed by atoms with Gasteiger partial charge in [-0.05, 0) is 20.0 Å². The first-order chi connectivity index (χ1) is 6.11. The van der Waals surface area contributed by atoms with Crippen LogP contribution in [-0.4, -0.2) is 42.2 Å². The number of rotatable bonds is 1. The van der Waals surface area contributed by atoms with Crippen molar-refractivity contribution in [3.63, 3.8) is 0 Å². The van der Waals surface area contributed by atoms with E-state index in [1.54, 1.807) is 0 Å². The van der Waals surface area contributed by atoms with Gasteiger partial charge in [-0.3, -0.25) is 4.79 Å². The first-order valence-corrected chi connectivity index (χ1v) is 4.77. The van der Waals surface area contributed by atoms with E-state index in [4.69, 9.17) is 5.73 Å². The van der Waals surface area contributed by atoms with E-state index in [-0.39, 0.29) is 11.8 Å². The van der Waals surface area contributed by atoms with Crippen LogP contribution in [0.2, 0.25) is 0 Å². The number of amides is 1. The highest BCUT2D eigenvalue weighted by atomic mass is 16.3. The maximum Gasteiger partial charge on any atom is 0.223 e. The minimum Gasteiger partial charge on any atom is -0.391 e. The van der Waals surface area contributed by atoms with E-state index in [0.29, 0.717) is 13.0 Å². The van der Waals surface area contributed by atoms with Gasteiger partial charge in [-0.15, -0.1) is 0 Å². The van der Waals surface area contributed by atoms with Crippen molar-refractivity contribution in [1.29, 1.82) is 0 Å². The number of carbonyl (C=O) groups is 1. The van der Waals surface area contributed by atoms with Crippen molar-refractivity contribution < 1.29 is 9.90 Å². The number of hydrogen-bond donors (Lipinski definition) is 2. The van der Waals surface area contributed by atoms with E-state index < -0.39 is 6.10 Å². The molecule has 0 aromatic rings. The van der Waals surface area contributed by atoms with E-state index in [2.05, 4.69) is 0 Å². The fourth-order valence-corrected chi connectivity index (χ4v) is 1.42. The maximum absolute atomic E-state index is 10.7. The van der Waals surface area contributed by atoms with E-state index in [0.717, 1.165) is 6.54 Å². The third kappa shape index (κ3) is 3.74. The summed E-state index contributed by atoms with van der Waals surface area (Å²) in [4.78, 5) is 12.7. The van der Waals surface area contributed by atoms with Crippen LogP contribution in [0.3, 0.4) is 0 Å². The molecule has 13 heavy (non-hydrogen) atoms. The summed E-state index contributed by atoms with van der Waals surface area (Å²) >= 11 is 0. The van der Waals surface area contributed by atoms with Gasteiger partial charge in [0.15, 0.2) is 0 Å². The zero-order valence-corrected chi connectivity index (χ0v) is 8.66. The van der Waals surface area contributed by atoms with Gasteiger partial charge < -0.3 is 15.7 Å². The third-order valence-corrected chi connectivity index (χ3v) is 2.15. The van der Waals surface area contributed by atoms with Crippen LogP contribution in [0.15, 0.2) is 0 Å². The SMILES string of the molecule is CC.CN1CCC(C(N)=O)C(O)C1. The molecule has 0 saturated carbocycles. The number of nitrogens with zero attached hydrogens (tertiary/aromatic N) is 1. The Kier molecular flexibility index (Phi) is 5.66. The second-order valence-corrected chi connectivity index (χ2v) is 3.13. The molecule has 1 heterocycles. The smallest absolute Gasteiger partial charge is 0.223 e. The number of aliphatic hydroxyl groups is 1. The molecule has 0 aromatic heterocycles. The molecule has 2 unspecified atom stereocenters. The second-order valence-electron chi connectivity index (χ2n) is 3.13. The second kappa shape index (κ2) is 5.94. The highest BCUT2D eigenvalue weighted by molar-refractivity contribution is 5.77. The van der Waals surface area contributed by atoms with E-state index in [9.17, 15) is 9.90 Å². The van der Waals surface area contributed by atoms with Crippen LogP contribution in [-0.2, 0) is 4.79 Å². The lowest BCUT2D eigenvalue weighted by atomic mass is 9.94. The van der Waals surface area contributed by atoms with Gasteiger partial charge in [0.25, 0.3) is 0 Å². The Hall–Kier alpha value is -0.610. The summed E-state index contributed by atoms with van der Waals surface area (Å²) < 4.78 is 0. The highest BCUT2D eigenvalue weighted by Crippen LogP contribution is 2.15. The van der Waals surface area contributed by atoms with Crippen LogP contribution in [0.5, 0.6) is 0 Å². The van der Waals surface area contributed by atoms with Gasteiger partial charge in [-0.1, -0.05) is 13.8 Å². The van der Waals surface area contributed by atoms with Crippen LogP contribution in [0.4, 0.5) is 0 Å². The van der Waals surface area contributed by atoms with Crippen LogP contribution < -0.4 is 5.73 Å². The minimum atomic E-state index is -0.578. The molecule has 78 valence electrons. The van der Waals surface area contributed by atoms with Crippen molar-refractivity contribution in [3.05, 3.63) is 0 Å². The quantitative estimate of drug-likeness (QED) is 0.599. The monoisotopic (exact) mass is 188 g/mol. The highest BCUT2D eigenvalue weighted by Gasteiger charge is 2.29. The Morgan fingerprint density at radius 3 is 2.46 bits per heavy atom. The largest absolute Gasteiger partial charge is 0.391 e. The summed E-state index contributed by atoms with van der Waals surface area (Å²) in [6.45, 7) is 5.39. The normalized spacial score (nSPS) is 28.9. The Balaban J connectivity index is 0.000000671. The number of aliphatic hydroxyl groups excluding tert-OH is 1. The molecule has 1 aliphatic rings. The van der Waals surface area contributed by atoms with Crippen molar-refractivity contribution in [2.24, 2.45) is 11.7 Å². The molecule has 3 N–H and O–H groups in total. The summed E-state index contributed by atoms with van der Waals surface area (Å²) in [7, 11) is 1.92. The van der Waals surface area contributed by atoms with Gasteiger partial charge in [0.2, 0.25) is 5.91 Å². The molecule has 1 fully saturated rings. The molecular weight excluding hydrogens is 168 g/mol. The Bertz CT molecular complexity index is 162. The van der Waals surface area contributed by atoms with Gasteiger partial charge in [0.1, 0.15) is 0 Å². The lowest BCUT2D eigenvalue weighted by Gasteiger charge is -2.31. The molecular formula is C9H20N2O2. The van der Waals surface area contributed by atoms with Crippen molar-refractivity contribution in [2.45, 2.75) is 26.4 Å². The first-order valence-electron chi connectivity index (χ1n) is 4.77. The summed E-state index contributed by atoms with van der Waals surface area (Å²) in [5.74, 6) is -0.725. The number of likely N-dealkylation sites (N-methyl/N-ethyl adjacent to an activating group) is 1. The molecule has 1 amide bonds. The summed E-state index contributed by atoms with van der Waals surface area (Å²) in [5, 5.41) is 9.37. The molecule has 0 aliphatic carbocycles. The minimum absolute atomic E-state index is 0.341. The lowest BCUT2D eigenvalue weighted by Crippen LogP contribution is -2.46. The average molecular weight is 188 g/mol. The molecule has 4 nitrogen and oxygen atoms in total. The number of piperidine rings is 1. The van der Waals surface area contributed by atoms with Crippen LogP contribution in [0.1, 0.15) is 20.3 Å². The van der Waals surface area contributed by atoms with Gasteiger partial charge in [0.05, 0.1) is 12.0 Å². The zero-order chi connectivity index (χ0) is 10.4. The number of likely N-dealkylation sites (tertiary alicyclic amines) is 1. The summed E-state index contributed by atoms with van der Waals surface area (Å²) in [5.41, 5.74) is 5.09. The standard InChI is InChI=1S/C7H14N2O2.C2H6/c1-9-3-2-5(7(8)11)6(10)4-9;1-2/h5-6,10H,2-4H2,1H3,(H2,8,11);1-2H3. The molecule has 0 spiro atoms. The van der Waals surface area contributed by atoms with Crippen LogP contribution in [0, 0.1) is 5.92 Å². The third-order valence-electron chi connectivity index (χ3n) is 2.15. The summed E-state index contributed by atoms with van der Waals surface area (Å²) in [6, 6.07) is 0. The number of primary amides is 1. The van der Waals surface area contributed by atoms with Gasteiger partial charge >= 0.3 is 0 Å². The summed E-state index contributed by atoms with van der Waals surface area (Å²) in [6.07, 6.45) is 0.0961. The van der Waals surface area contributed by atoms with Crippen LogP contribution in [0.25, 0.3) is 0 Å². The lowest BCUT2D eigenvalue weighted by molar-refractivity contribution is -0.127. The molecule has 0 bridgehead atoms. The molecule has 4 heteroatoms. The van der Waals surface area contributed by atoms with E-state index in [1.165, 1.54) is 0 Å². The van der Waals surface area contributed by atoms with Gasteiger partial charge in [-0.25, -0.2) is 0 Å². The maximum atomic E-state index is 10.7.